The van der Waals surface area contributed by atoms with Crippen LogP contribution in [0.5, 0.6) is 0 Å². The predicted octanol–water partition coefficient (Wildman–Crippen LogP) is 8.01. The molecule has 2 aliphatic rings. The normalized spacial score (nSPS) is 14.0. The monoisotopic (exact) mass is 406 g/mol. The van der Waals surface area contributed by atoms with Gasteiger partial charge in [0.2, 0.25) is 0 Å². The van der Waals surface area contributed by atoms with Crippen molar-refractivity contribution < 1.29 is 0 Å². The third kappa shape index (κ3) is 2.44. The summed E-state index contributed by atoms with van der Waals surface area (Å²) in [6.07, 6.45) is 0. The first-order valence-corrected chi connectivity index (χ1v) is 11.4. The van der Waals surface area contributed by atoms with Gasteiger partial charge in [0.25, 0.3) is 0 Å². The molecular formula is C32H22. The van der Waals surface area contributed by atoms with Crippen LogP contribution in [0.1, 0.15) is 45.2 Å². The molecule has 0 spiro atoms. The number of hydrogen-bond acceptors (Lipinski definition) is 0. The number of rotatable bonds is 2. The van der Waals surface area contributed by atoms with Gasteiger partial charge in [-0.2, -0.15) is 0 Å². The van der Waals surface area contributed by atoms with E-state index in [0.29, 0.717) is 0 Å². The molecule has 5 aromatic carbocycles. The van der Waals surface area contributed by atoms with Crippen LogP contribution >= 0.6 is 0 Å². The molecule has 0 fully saturated rings. The van der Waals surface area contributed by atoms with Gasteiger partial charge < -0.3 is 0 Å². The van der Waals surface area contributed by atoms with E-state index in [4.69, 9.17) is 0 Å². The van der Waals surface area contributed by atoms with E-state index in [9.17, 15) is 0 Å². The molecule has 0 aromatic heterocycles. The van der Waals surface area contributed by atoms with E-state index in [1.165, 1.54) is 55.6 Å². The van der Waals surface area contributed by atoms with Gasteiger partial charge in [0.1, 0.15) is 0 Å². The maximum Gasteiger partial charge on any atom is 0.0352 e. The van der Waals surface area contributed by atoms with Crippen LogP contribution < -0.4 is 0 Å². The molecule has 0 N–H and O–H groups in total. The van der Waals surface area contributed by atoms with Gasteiger partial charge in [-0.25, -0.2) is 0 Å². The van der Waals surface area contributed by atoms with Crippen molar-refractivity contribution >= 4 is 0 Å². The van der Waals surface area contributed by atoms with Gasteiger partial charge in [0.15, 0.2) is 0 Å². The lowest BCUT2D eigenvalue weighted by molar-refractivity contribution is 0.973. The van der Waals surface area contributed by atoms with Crippen LogP contribution in [0.4, 0.5) is 0 Å². The lowest BCUT2D eigenvalue weighted by atomic mass is 9.84. The number of benzene rings is 5. The van der Waals surface area contributed by atoms with Crippen LogP contribution in [0, 0.1) is 0 Å². The second-order valence-electron chi connectivity index (χ2n) is 8.89. The predicted molar refractivity (Wildman–Crippen MR) is 132 cm³/mol. The van der Waals surface area contributed by atoms with Crippen molar-refractivity contribution in [3.63, 3.8) is 0 Å². The van der Waals surface area contributed by atoms with E-state index >= 15 is 0 Å². The van der Waals surface area contributed by atoms with Crippen LogP contribution in [0.25, 0.3) is 22.3 Å². The molecule has 0 bridgehead atoms. The van der Waals surface area contributed by atoms with Crippen LogP contribution in [0.15, 0.2) is 121 Å². The Morgan fingerprint density at radius 2 is 0.625 bits per heavy atom. The first-order valence-electron chi connectivity index (χ1n) is 11.4. The minimum atomic E-state index is 0.286. The highest BCUT2D eigenvalue weighted by molar-refractivity contribution is 5.82. The molecule has 0 radical (unpaired) electrons. The van der Waals surface area contributed by atoms with E-state index < -0.39 is 0 Å². The van der Waals surface area contributed by atoms with Gasteiger partial charge >= 0.3 is 0 Å². The van der Waals surface area contributed by atoms with E-state index in [2.05, 4.69) is 121 Å². The van der Waals surface area contributed by atoms with E-state index in [-0.39, 0.29) is 11.8 Å². The minimum absolute atomic E-state index is 0.286. The highest BCUT2D eigenvalue weighted by atomic mass is 14.3. The fourth-order valence-corrected chi connectivity index (χ4v) is 5.95. The van der Waals surface area contributed by atoms with Crippen LogP contribution in [-0.2, 0) is 0 Å². The Hall–Kier alpha value is -3.90. The molecule has 0 saturated carbocycles. The van der Waals surface area contributed by atoms with Gasteiger partial charge in [-0.05, 0) is 55.6 Å². The number of hydrogen-bond donors (Lipinski definition) is 0. The Labute approximate surface area is 188 Å². The number of fused-ring (bicyclic) bond motifs is 6. The molecule has 150 valence electrons. The van der Waals surface area contributed by atoms with E-state index in [1.54, 1.807) is 0 Å². The Balaban J connectivity index is 1.41. The lowest BCUT2D eigenvalue weighted by Crippen LogP contribution is -2.03. The summed E-state index contributed by atoms with van der Waals surface area (Å²) in [6.45, 7) is 0. The van der Waals surface area contributed by atoms with E-state index in [1.807, 2.05) is 0 Å². The fourth-order valence-electron chi connectivity index (χ4n) is 5.95. The second kappa shape index (κ2) is 6.80. The van der Waals surface area contributed by atoms with Gasteiger partial charge in [0, 0.05) is 11.8 Å². The van der Waals surface area contributed by atoms with Gasteiger partial charge in [-0.15, -0.1) is 0 Å². The Bertz CT molecular complexity index is 1290. The Kier molecular flexibility index (Phi) is 3.77. The zero-order chi connectivity index (χ0) is 21.1. The third-order valence-electron chi connectivity index (χ3n) is 7.24. The summed E-state index contributed by atoms with van der Waals surface area (Å²) in [4.78, 5) is 0. The lowest BCUT2D eigenvalue weighted by Gasteiger charge is -2.19. The first-order chi connectivity index (χ1) is 15.9. The first kappa shape index (κ1) is 17.7. The van der Waals surface area contributed by atoms with Crippen LogP contribution in [-0.4, -0.2) is 0 Å². The summed E-state index contributed by atoms with van der Waals surface area (Å²) < 4.78 is 0. The highest BCUT2D eigenvalue weighted by Gasteiger charge is 2.32. The molecular weight excluding hydrogens is 384 g/mol. The van der Waals surface area contributed by atoms with Crippen molar-refractivity contribution in [1.82, 2.24) is 0 Å². The molecule has 0 atom stereocenters. The standard InChI is InChI=1S/C32H22/c1-5-16-27-23(12-1)24-13-2-6-17-28(24)31(27)21-10-9-11-22(20-21)32-29-18-7-3-14-25(29)26-15-4-8-19-30(26)32/h1-20,31-32H. The summed E-state index contributed by atoms with van der Waals surface area (Å²) in [5, 5.41) is 0. The zero-order valence-corrected chi connectivity index (χ0v) is 17.7. The molecule has 2 aliphatic carbocycles. The molecule has 5 aromatic rings. The van der Waals surface area contributed by atoms with Crippen molar-refractivity contribution in [3.05, 3.63) is 155 Å². The minimum Gasteiger partial charge on any atom is -0.0619 e. The zero-order valence-electron chi connectivity index (χ0n) is 17.7. The molecule has 7 rings (SSSR count). The second-order valence-corrected chi connectivity index (χ2v) is 8.89. The maximum absolute atomic E-state index is 2.45. The largest absolute Gasteiger partial charge is 0.0619 e. The summed E-state index contributed by atoms with van der Waals surface area (Å²) >= 11 is 0. The quantitative estimate of drug-likeness (QED) is 0.273. The molecule has 0 nitrogen and oxygen atoms in total. The molecule has 0 amide bonds. The molecule has 0 heteroatoms. The summed E-state index contributed by atoms with van der Waals surface area (Å²) in [5.74, 6) is 0.573. The van der Waals surface area contributed by atoms with Crippen molar-refractivity contribution in [3.8, 4) is 22.3 Å². The van der Waals surface area contributed by atoms with Gasteiger partial charge in [-0.3, -0.25) is 0 Å². The average molecular weight is 407 g/mol. The van der Waals surface area contributed by atoms with Crippen molar-refractivity contribution in [2.75, 3.05) is 0 Å². The smallest absolute Gasteiger partial charge is 0.0352 e. The van der Waals surface area contributed by atoms with Crippen molar-refractivity contribution in [2.45, 2.75) is 11.8 Å². The van der Waals surface area contributed by atoms with Gasteiger partial charge in [0.05, 0.1) is 0 Å². The highest BCUT2D eigenvalue weighted by Crippen LogP contribution is 2.50. The topological polar surface area (TPSA) is 0 Å². The Morgan fingerprint density at radius 3 is 0.969 bits per heavy atom. The Morgan fingerprint density at radius 1 is 0.312 bits per heavy atom. The maximum atomic E-state index is 2.45. The molecule has 0 unspecified atom stereocenters. The van der Waals surface area contributed by atoms with Crippen molar-refractivity contribution in [1.29, 1.82) is 0 Å². The summed E-state index contributed by atoms with van der Waals surface area (Å²) in [7, 11) is 0. The van der Waals surface area contributed by atoms with E-state index in [0.717, 1.165) is 0 Å². The molecule has 0 saturated heterocycles. The summed E-state index contributed by atoms with van der Waals surface area (Å²) in [5.41, 5.74) is 13.9. The average Bonchev–Trinajstić information content (AvgIpc) is 3.37. The van der Waals surface area contributed by atoms with Crippen LogP contribution in [0.2, 0.25) is 0 Å². The molecule has 32 heavy (non-hydrogen) atoms. The summed E-state index contributed by atoms with van der Waals surface area (Å²) in [6, 6.07) is 44.9. The third-order valence-corrected chi connectivity index (χ3v) is 7.24. The van der Waals surface area contributed by atoms with Crippen molar-refractivity contribution in [2.24, 2.45) is 0 Å². The molecule has 0 aliphatic heterocycles. The fraction of sp³-hybridized carbons (Fsp3) is 0.0625. The SMILES string of the molecule is c1cc(C2c3ccccc3-c3ccccc32)cc(C2c3ccccc3-c3ccccc32)c1. The van der Waals surface area contributed by atoms with Crippen LogP contribution in [0.3, 0.4) is 0 Å². The molecule has 0 heterocycles. The van der Waals surface area contributed by atoms with Gasteiger partial charge in [-0.1, -0.05) is 121 Å².